The van der Waals surface area contributed by atoms with Crippen molar-refractivity contribution in [2.45, 2.75) is 89.6 Å². The van der Waals surface area contributed by atoms with E-state index in [1.165, 1.54) is 6.07 Å². The lowest BCUT2D eigenvalue weighted by atomic mass is 9.70. The summed E-state index contributed by atoms with van der Waals surface area (Å²) in [6.07, 6.45) is -10.8. The molecule has 0 radical (unpaired) electrons. The lowest BCUT2D eigenvalue weighted by Crippen LogP contribution is -2.55. The molecule has 0 amide bonds. The van der Waals surface area contributed by atoms with Crippen molar-refractivity contribution in [1.82, 2.24) is 0 Å². The van der Waals surface area contributed by atoms with Gasteiger partial charge in [0.2, 0.25) is 0 Å². The maximum absolute atomic E-state index is 13.0. The van der Waals surface area contributed by atoms with E-state index in [0.717, 1.165) is 22.6 Å². The molecule has 0 aromatic heterocycles. The van der Waals surface area contributed by atoms with E-state index in [9.17, 15) is 31.4 Å². The quantitative estimate of drug-likeness (QED) is 0.283. The van der Waals surface area contributed by atoms with Gasteiger partial charge in [0.15, 0.2) is 5.79 Å². The second kappa shape index (κ2) is 11.3. The van der Waals surface area contributed by atoms with Crippen LogP contribution in [-0.4, -0.2) is 48.2 Å². The first-order valence-electron chi connectivity index (χ1n) is 12.9. The molecular formula is C30H34F6O4. The minimum Gasteiger partial charge on any atom is -0.491 e. The van der Waals surface area contributed by atoms with Crippen LogP contribution in [0.25, 0.3) is 0 Å². The van der Waals surface area contributed by atoms with Crippen molar-refractivity contribution in [3.63, 3.8) is 0 Å². The Morgan fingerprint density at radius 2 is 1.48 bits per heavy atom. The molecule has 1 heterocycles. The molecule has 0 spiro atoms. The fourth-order valence-corrected chi connectivity index (χ4v) is 4.93. The van der Waals surface area contributed by atoms with E-state index in [-0.39, 0.29) is 11.7 Å². The Balaban J connectivity index is 1.91. The van der Waals surface area contributed by atoms with Gasteiger partial charge in [-0.05, 0) is 80.8 Å². The van der Waals surface area contributed by atoms with Gasteiger partial charge in [-0.1, -0.05) is 44.0 Å². The van der Waals surface area contributed by atoms with Gasteiger partial charge in [-0.2, -0.15) is 26.3 Å². The Morgan fingerprint density at radius 3 is 1.93 bits per heavy atom. The molecule has 10 heteroatoms. The summed E-state index contributed by atoms with van der Waals surface area (Å²) in [5.41, 5.74) is -2.53. The van der Waals surface area contributed by atoms with E-state index in [1.807, 2.05) is 58.7 Å². The topological polar surface area (TPSA) is 47.9 Å². The third-order valence-electron chi connectivity index (χ3n) is 7.40. The van der Waals surface area contributed by atoms with Crippen LogP contribution in [0.1, 0.15) is 68.4 Å². The molecule has 1 aliphatic rings. The first-order chi connectivity index (χ1) is 18.4. The normalized spacial score (nSPS) is 17.9. The summed E-state index contributed by atoms with van der Waals surface area (Å²) in [6.45, 7) is 12.0. The van der Waals surface area contributed by atoms with E-state index in [0.29, 0.717) is 37.4 Å². The van der Waals surface area contributed by atoms with Crippen LogP contribution in [-0.2, 0) is 14.9 Å². The van der Waals surface area contributed by atoms with Gasteiger partial charge in [0.25, 0.3) is 0 Å². The van der Waals surface area contributed by atoms with Gasteiger partial charge in [-0.15, -0.1) is 0 Å². The van der Waals surface area contributed by atoms with Crippen LogP contribution in [0.3, 0.4) is 0 Å². The Kier molecular flexibility index (Phi) is 8.95. The molecule has 1 atom stereocenters. The minimum atomic E-state index is -6.01. The predicted molar refractivity (Wildman–Crippen MR) is 138 cm³/mol. The van der Waals surface area contributed by atoms with Gasteiger partial charge in [0.1, 0.15) is 18.5 Å². The maximum atomic E-state index is 13.0. The summed E-state index contributed by atoms with van der Waals surface area (Å²) < 4.78 is 95.5. The molecule has 40 heavy (non-hydrogen) atoms. The summed E-state index contributed by atoms with van der Waals surface area (Å²) in [5.74, 6) is 2.98. The number of alkyl halides is 6. The molecular weight excluding hydrogens is 538 g/mol. The number of aliphatic hydroxyl groups is 1. The second-order valence-electron chi connectivity index (χ2n) is 10.5. The van der Waals surface area contributed by atoms with Crippen LogP contribution < -0.4 is 4.74 Å². The summed E-state index contributed by atoms with van der Waals surface area (Å²) in [6, 6.07) is 10.6. The number of hydrogen-bond donors (Lipinski definition) is 1. The smallest absolute Gasteiger partial charge is 0.438 e. The summed E-state index contributed by atoms with van der Waals surface area (Å²) in [7, 11) is 0. The van der Waals surface area contributed by atoms with Crippen LogP contribution in [0, 0.1) is 25.7 Å². The van der Waals surface area contributed by atoms with Crippen molar-refractivity contribution < 1.29 is 45.7 Å². The highest BCUT2D eigenvalue weighted by Crippen LogP contribution is 2.43. The van der Waals surface area contributed by atoms with Crippen LogP contribution in [0.15, 0.2) is 36.4 Å². The number of benzene rings is 2. The molecule has 1 unspecified atom stereocenters. The van der Waals surface area contributed by atoms with Crippen LogP contribution in [0.4, 0.5) is 26.3 Å². The monoisotopic (exact) mass is 572 g/mol. The Labute approximate surface area is 230 Å². The highest BCUT2D eigenvalue weighted by atomic mass is 19.4. The van der Waals surface area contributed by atoms with E-state index >= 15 is 0 Å². The highest BCUT2D eigenvalue weighted by molar-refractivity contribution is 5.50. The van der Waals surface area contributed by atoms with Crippen LogP contribution >= 0.6 is 0 Å². The molecule has 0 bridgehead atoms. The maximum Gasteiger partial charge on any atom is 0.438 e. The molecule has 220 valence electrons. The first kappa shape index (κ1) is 31.8. The van der Waals surface area contributed by atoms with Gasteiger partial charge in [-0.3, -0.25) is 0 Å². The number of aryl methyl sites for hydroxylation is 2. The van der Waals surface area contributed by atoms with Crippen molar-refractivity contribution >= 4 is 0 Å². The Morgan fingerprint density at radius 1 is 0.925 bits per heavy atom. The molecule has 1 N–H and O–H groups in total. The van der Waals surface area contributed by atoms with Gasteiger partial charge >= 0.3 is 18.0 Å². The minimum absolute atomic E-state index is 0.0435. The summed E-state index contributed by atoms with van der Waals surface area (Å²) >= 11 is 0. The molecule has 0 aliphatic carbocycles. The zero-order valence-electron chi connectivity index (χ0n) is 23.3. The Bertz CT molecular complexity index is 1250. The number of ether oxygens (including phenoxy) is 3. The van der Waals surface area contributed by atoms with Crippen LogP contribution in [0.2, 0.25) is 0 Å². The third-order valence-corrected chi connectivity index (χ3v) is 7.40. The first-order valence-corrected chi connectivity index (χ1v) is 12.9. The van der Waals surface area contributed by atoms with Gasteiger partial charge in [0.05, 0.1) is 6.61 Å². The molecule has 4 nitrogen and oxygen atoms in total. The zero-order chi connectivity index (χ0) is 30.1. The molecule has 2 aromatic carbocycles. The average Bonchev–Trinajstić information content (AvgIpc) is 3.20. The molecule has 0 saturated carbocycles. The number of hydrogen-bond acceptors (Lipinski definition) is 4. The van der Waals surface area contributed by atoms with E-state index in [2.05, 4.69) is 0 Å². The standard InChI is InChI=1S/C30H34F6O4/c1-7-27(8-2,23-11-12-25(20(4)16-23)38-17-24-18-39-26(5,6)40-24)22-10-9-21(19(3)15-22)13-14-28(37,29(31,32)33)30(34,35)36/h9-12,15-16,24,37H,7-8,17-18H2,1-6H3. The van der Waals surface area contributed by atoms with Gasteiger partial charge in [0, 0.05) is 11.0 Å². The summed E-state index contributed by atoms with van der Waals surface area (Å²) in [4.78, 5) is 0. The predicted octanol–water partition coefficient (Wildman–Crippen LogP) is 7.15. The SMILES string of the molecule is CCC(CC)(c1ccc(C#CC(O)(C(F)(F)F)C(F)(F)F)c(C)c1)c1ccc(OCC2COC(C)(C)O2)c(C)c1. The number of rotatable bonds is 7. The van der Waals surface area contributed by atoms with Gasteiger partial charge < -0.3 is 19.3 Å². The third kappa shape index (κ3) is 6.27. The summed E-state index contributed by atoms with van der Waals surface area (Å²) in [5, 5.41) is 9.37. The largest absolute Gasteiger partial charge is 0.491 e. The van der Waals surface area contributed by atoms with E-state index < -0.39 is 29.2 Å². The van der Waals surface area contributed by atoms with Crippen molar-refractivity contribution in [2.24, 2.45) is 0 Å². The van der Waals surface area contributed by atoms with Crippen molar-refractivity contribution in [3.8, 4) is 17.6 Å². The van der Waals surface area contributed by atoms with Gasteiger partial charge in [-0.25, -0.2) is 0 Å². The molecule has 2 aromatic rings. The van der Waals surface area contributed by atoms with Crippen LogP contribution in [0.5, 0.6) is 5.75 Å². The second-order valence-corrected chi connectivity index (χ2v) is 10.5. The Hall–Kier alpha value is -2.74. The average molecular weight is 573 g/mol. The van der Waals surface area contributed by atoms with Crippen molar-refractivity contribution in [1.29, 1.82) is 0 Å². The highest BCUT2D eigenvalue weighted by Gasteiger charge is 2.70. The lowest BCUT2D eigenvalue weighted by molar-refractivity contribution is -0.343. The molecule has 1 fully saturated rings. The molecule has 3 rings (SSSR count). The molecule has 1 aliphatic heterocycles. The lowest BCUT2D eigenvalue weighted by Gasteiger charge is -2.34. The van der Waals surface area contributed by atoms with E-state index in [1.54, 1.807) is 19.1 Å². The van der Waals surface area contributed by atoms with Crippen molar-refractivity contribution in [2.75, 3.05) is 13.2 Å². The fourth-order valence-electron chi connectivity index (χ4n) is 4.93. The number of halogens is 6. The van der Waals surface area contributed by atoms with Crippen molar-refractivity contribution in [3.05, 3.63) is 64.2 Å². The zero-order valence-corrected chi connectivity index (χ0v) is 23.3. The van der Waals surface area contributed by atoms with E-state index in [4.69, 9.17) is 14.2 Å². The fraction of sp³-hybridized carbons (Fsp3) is 0.533. The molecule has 1 saturated heterocycles.